The van der Waals surface area contributed by atoms with E-state index in [-0.39, 0.29) is 22.9 Å². The topological polar surface area (TPSA) is 105 Å². The molecule has 4 heterocycles. The molecule has 36 heavy (non-hydrogen) atoms. The highest BCUT2D eigenvalue weighted by molar-refractivity contribution is 5.74. The molecule has 1 aromatic carbocycles. The third kappa shape index (κ3) is 4.61. The zero-order chi connectivity index (χ0) is 25.6. The van der Waals surface area contributed by atoms with Crippen LogP contribution in [0.2, 0.25) is 0 Å². The smallest absolute Gasteiger partial charge is 0.229 e. The molecule has 0 aliphatic carbocycles. The average Bonchev–Trinajstić information content (AvgIpc) is 3.20. The van der Waals surface area contributed by atoms with Gasteiger partial charge >= 0.3 is 0 Å². The molecule has 5 rings (SSSR count). The number of hydrogen-bond donors (Lipinski definition) is 3. The number of fused-ring (bicyclic) bond motifs is 1. The highest BCUT2D eigenvalue weighted by Crippen LogP contribution is 2.33. The normalized spacial score (nSPS) is 18.6. The van der Waals surface area contributed by atoms with Crippen LogP contribution in [0.1, 0.15) is 32.8 Å². The first-order valence-corrected chi connectivity index (χ1v) is 11.9. The molecule has 1 aliphatic rings. The van der Waals surface area contributed by atoms with Crippen molar-refractivity contribution in [3.8, 4) is 11.3 Å². The molecule has 3 aromatic heterocycles. The Morgan fingerprint density at radius 2 is 1.86 bits per heavy atom. The first-order chi connectivity index (χ1) is 17.1. The van der Waals surface area contributed by atoms with Crippen molar-refractivity contribution in [2.24, 2.45) is 11.7 Å². The van der Waals surface area contributed by atoms with Gasteiger partial charge in [0.1, 0.15) is 11.6 Å². The predicted octanol–water partition coefficient (Wildman–Crippen LogP) is 4.21. The molecule has 10 heteroatoms. The maximum atomic E-state index is 15.0. The molecule has 8 nitrogen and oxygen atoms in total. The molecule has 1 fully saturated rings. The molecule has 4 N–H and O–H groups in total. The quantitative estimate of drug-likeness (QED) is 0.382. The van der Waals surface area contributed by atoms with E-state index in [1.165, 1.54) is 24.4 Å². The van der Waals surface area contributed by atoms with Crippen molar-refractivity contribution >= 4 is 22.8 Å². The van der Waals surface area contributed by atoms with Gasteiger partial charge in [-0.05, 0) is 62.1 Å². The molecule has 188 valence electrons. The Hall–Kier alpha value is -3.63. The van der Waals surface area contributed by atoms with Gasteiger partial charge in [-0.25, -0.2) is 13.8 Å². The van der Waals surface area contributed by atoms with Crippen LogP contribution in [0.3, 0.4) is 0 Å². The van der Waals surface area contributed by atoms with Gasteiger partial charge < -0.3 is 21.1 Å². The van der Waals surface area contributed by atoms with E-state index in [2.05, 4.69) is 32.2 Å². The number of hydrogen-bond acceptors (Lipinski definition) is 7. The Labute approximate surface area is 207 Å². The number of nitrogens with zero attached hydrogens (tertiary/aromatic N) is 5. The molecule has 0 saturated carbocycles. The lowest BCUT2D eigenvalue weighted by Crippen LogP contribution is -2.46. The van der Waals surface area contributed by atoms with Crippen LogP contribution >= 0.6 is 0 Å². The summed E-state index contributed by atoms with van der Waals surface area (Å²) in [5, 5.41) is 17.9. The monoisotopic (exact) mass is 493 g/mol. The lowest BCUT2D eigenvalue weighted by atomic mass is 9.96. The number of benzene rings is 1. The summed E-state index contributed by atoms with van der Waals surface area (Å²) in [7, 11) is 0. The van der Waals surface area contributed by atoms with Crippen LogP contribution in [-0.2, 0) is 5.60 Å². The number of pyridine rings is 1. The van der Waals surface area contributed by atoms with Crippen LogP contribution in [-0.4, -0.2) is 43.8 Å². The van der Waals surface area contributed by atoms with Crippen molar-refractivity contribution in [1.29, 1.82) is 0 Å². The van der Waals surface area contributed by atoms with Crippen LogP contribution in [0.25, 0.3) is 16.8 Å². The number of nitrogens with one attached hydrogen (secondary N) is 1. The summed E-state index contributed by atoms with van der Waals surface area (Å²) >= 11 is 0. The maximum absolute atomic E-state index is 15.0. The first-order valence-electron chi connectivity index (χ1n) is 11.9. The van der Waals surface area contributed by atoms with Gasteiger partial charge in [0.25, 0.3) is 0 Å². The number of aromatic nitrogens is 4. The van der Waals surface area contributed by atoms with Crippen molar-refractivity contribution in [2.75, 3.05) is 23.3 Å². The van der Waals surface area contributed by atoms with Crippen molar-refractivity contribution in [3.63, 3.8) is 0 Å². The lowest BCUT2D eigenvalue weighted by Gasteiger charge is -2.37. The fourth-order valence-corrected chi connectivity index (χ4v) is 4.75. The lowest BCUT2D eigenvalue weighted by molar-refractivity contribution is 0.0779. The summed E-state index contributed by atoms with van der Waals surface area (Å²) in [5.41, 5.74) is 7.17. The summed E-state index contributed by atoms with van der Waals surface area (Å²) in [6.45, 7) is 6.72. The molecule has 1 aliphatic heterocycles. The molecule has 0 spiro atoms. The zero-order valence-electron chi connectivity index (χ0n) is 20.4. The Bertz CT molecular complexity index is 1380. The van der Waals surface area contributed by atoms with Crippen molar-refractivity contribution < 1.29 is 13.9 Å². The minimum atomic E-state index is -1.38. The second kappa shape index (κ2) is 9.11. The Morgan fingerprint density at radius 3 is 2.56 bits per heavy atom. The van der Waals surface area contributed by atoms with Gasteiger partial charge in [-0.2, -0.15) is 9.61 Å². The van der Waals surface area contributed by atoms with E-state index in [4.69, 9.17) is 5.73 Å². The number of aliphatic hydroxyl groups is 1. The van der Waals surface area contributed by atoms with Crippen molar-refractivity contribution in [1.82, 2.24) is 19.6 Å². The Morgan fingerprint density at radius 1 is 1.11 bits per heavy atom. The minimum absolute atomic E-state index is 0.0823. The summed E-state index contributed by atoms with van der Waals surface area (Å²) < 4.78 is 31.4. The molecular formula is C26H29F2N7O. The number of halogens is 2. The molecule has 1 saturated heterocycles. The minimum Gasteiger partial charge on any atom is -0.386 e. The summed E-state index contributed by atoms with van der Waals surface area (Å²) in [6.07, 6.45) is 6.04. The van der Waals surface area contributed by atoms with E-state index in [0.29, 0.717) is 17.4 Å². The van der Waals surface area contributed by atoms with E-state index in [1.807, 2.05) is 6.07 Å². The third-order valence-electron chi connectivity index (χ3n) is 6.47. The Balaban J connectivity index is 1.51. The van der Waals surface area contributed by atoms with E-state index < -0.39 is 17.2 Å². The van der Waals surface area contributed by atoms with Gasteiger partial charge in [0.2, 0.25) is 5.95 Å². The molecular weight excluding hydrogens is 464 g/mol. The predicted molar refractivity (Wildman–Crippen MR) is 135 cm³/mol. The number of piperidine rings is 1. The zero-order valence-corrected chi connectivity index (χ0v) is 20.4. The largest absolute Gasteiger partial charge is 0.386 e. The van der Waals surface area contributed by atoms with Crippen LogP contribution in [0.15, 0.2) is 48.9 Å². The standard InChI is InChI=1S/C26H29F2N7O/c1-15-8-17(29)14-34(13-15)23-6-7-30-12-22(23)32-25-31-11-18-4-5-21(33-35(18)25)24-19(27)9-16(10-20(24)28)26(2,3)36/h4-7,9-12,15,17,36H,8,13-14,29H2,1-3H3,(H,31,32). The van der Waals surface area contributed by atoms with Gasteiger partial charge in [0.05, 0.1) is 46.1 Å². The molecule has 4 aromatic rings. The summed E-state index contributed by atoms with van der Waals surface area (Å²) in [5.74, 6) is -0.777. The van der Waals surface area contributed by atoms with Crippen LogP contribution in [0.5, 0.6) is 0 Å². The average molecular weight is 494 g/mol. The first kappa shape index (κ1) is 24.1. The SMILES string of the molecule is CC1CC(N)CN(c2ccncc2Nc2ncc3ccc(-c4c(F)cc(C(C)(C)O)cc4F)nn23)C1. The Kier molecular flexibility index (Phi) is 6.09. The van der Waals surface area contributed by atoms with E-state index in [1.54, 1.807) is 24.7 Å². The second-order valence-electron chi connectivity index (χ2n) is 10.0. The molecule has 0 radical (unpaired) electrons. The molecule has 0 amide bonds. The number of rotatable bonds is 5. The van der Waals surface area contributed by atoms with Crippen molar-refractivity contribution in [2.45, 2.75) is 38.8 Å². The van der Waals surface area contributed by atoms with Crippen LogP contribution < -0.4 is 16.0 Å². The van der Waals surface area contributed by atoms with E-state index >= 15 is 0 Å². The van der Waals surface area contributed by atoms with Gasteiger partial charge in [0.15, 0.2) is 0 Å². The van der Waals surface area contributed by atoms with E-state index in [0.717, 1.165) is 43.0 Å². The summed E-state index contributed by atoms with van der Waals surface area (Å²) in [4.78, 5) is 10.9. The highest BCUT2D eigenvalue weighted by atomic mass is 19.1. The molecule has 0 bridgehead atoms. The van der Waals surface area contributed by atoms with Crippen LogP contribution in [0.4, 0.5) is 26.1 Å². The second-order valence-corrected chi connectivity index (χ2v) is 10.0. The molecule has 2 unspecified atom stereocenters. The number of imidazole rings is 1. The van der Waals surface area contributed by atoms with Crippen molar-refractivity contribution in [3.05, 3.63) is 66.1 Å². The third-order valence-corrected chi connectivity index (χ3v) is 6.47. The highest BCUT2D eigenvalue weighted by Gasteiger charge is 2.25. The summed E-state index contributed by atoms with van der Waals surface area (Å²) in [6, 6.07) is 7.50. The number of anilines is 3. The fourth-order valence-electron chi connectivity index (χ4n) is 4.75. The maximum Gasteiger partial charge on any atom is 0.229 e. The van der Waals surface area contributed by atoms with Gasteiger partial charge in [0, 0.05) is 25.3 Å². The molecule has 2 atom stereocenters. The van der Waals surface area contributed by atoms with E-state index in [9.17, 15) is 13.9 Å². The van der Waals surface area contributed by atoms with Crippen LogP contribution in [0, 0.1) is 17.6 Å². The van der Waals surface area contributed by atoms with Gasteiger partial charge in [-0.3, -0.25) is 4.98 Å². The van der Waals surface area contributed by atoms with Gasteiger partial charge in [-0.15, -0.1) is 0 Å². The van der Waals surface area contributed by atoms with Gasteiger partial charge in [-0.1, -0.05) is 6.92 Å². The fraction of sp³-hybridized carbons (Fsp3) is 0.346. The number of nitrogens with two attached hydrogens (primary N) is 1.